The fraction of sp³-hybridized carbons (Fsp3) is 0.294. The number of aromatic nitrogens is 1. The summed E-state index contributed by atoms with van der Waals surface area (Å²) in [5, 5.41) is 6.03. The first kappa shape index (κ1) is 15.9. The Labute approximate surface area is 129 Å². The minimum atomic E-state index is -0.308. The van der Waals surface area contributed by atoms with Crippen molar-refractivity contribution in [1.82, 2.24) is 4.98 Å². The van der Waals surface area contributed by atoms with Gasteiger partial charge in [0.2, 0.25) is 5.91 Å². The Hall–Kier alpha value is -2.43. The fourth-order valence-electron chi connectivity index (χ4n) is 1.90. The highest BCUT2D eigenvalue weighted by Gasteiger charge is 2.05. The first-order chi connectivity index (χ1) is 10.6. The molecule has 0 bridgehead atoms. The Morgan fingerprint density at radius 1 is 1.23 bits per heavy atom. The van der Waals surface area contributed by atoms with Crippen LogP contribution in [0.4, 0.5) is 15.9 Å². The van der Waals surface area contributed by atoms with E-state index in [0.717, 1.165) is 17.8 Å². The number of carbonyl (C=O) groups is 1. The lowest BCUT2D eigenvalue weighted by atomic mass is 10.1. The van der Waals surface area contributed by atoms with Gasteiger partial charge in [0.1, 0.15) is 11.6 Å². The van der Waals surface area contributed by atoms with Crippen molar-refractivity contribution in [2.45, 2.75) is 32.7 Å². The molecule has 2 N–H and O–H groups in total. The van der Waals surface area contributed by atoms with E-state index in [1.165, 1.54) is 12.1 Å². The van der Waals surface area contributed by atoms with Crippen LogP contribution in [0.3, 0.4) is 0 Å². The Morgan fingerprint density at radius 2 is 1.95 bits per heavy atom. The quantitative estimate of drug-likeness (QED) is 0.857. The molecule has 116 valence electrons. The molecule has 0 saturated heterocycles. The number of halogens is 1. The third-order valence-corrected chi connectivity index (χ3v) is 3.33. The molecule has 0 fully saturated rings. The van der Waals surface area contributed by atoms with E-state index in [1.807, 2.05) is 6.07 Å². The van der Waals surface area contributed by atoms with Crippen molar-refractivity contribution < 1.29 is 9.18 Å². The lowest BCUT2D eigenvalue weighted by molar-refractivity contribution is -0.115. The molecule has 1 aromatic carbocycles. The van der Waals surface area contributed by atoms with Crippen LogP contribution in [0.25, 0.3) is 0 Å². The van der Waals surface area contributed by atoms with E-state index in [9.17, 15) is 9.18 Å². The summed E-state index contributed by atoms with van der Waals surface area (Å²) in [6.07, 6.45) is 2.83. The van der Waals surface area contributed by atoms with Gasteiger partial charge in [0.05, 0.1) is 18.3 Å². The number of anilines is 2. The maximum absolute atomic E-state index is 12.8. The second-order valence-electron chi connectivity index (χ2n) is 5.24. The maximum atomic E-state index is 12.8. The molecule has 1 heterocycles. The van der Waals surface area contributed by atoms with Gasteiger partial charge in [0.25, 0.3) is 0 Å². The molecule has 1 aromatic heterocycles. The van der Waals surface area contributed by atoms with Crippen molar-refractivity contribution >= 4 is 17.4 Å². The summed E-state index contributed by atoms with van der Waals surface area (Å²) < 4.78 is 12.8. The van der Waals surface area contributed by atoms with Crippen molar-refractivity contribution in [2.24, 2.45) is 0 Å². The van der Waals surface area contributed by atoms with E-state index in [0.29, 0.717) is 11.7 Å². The van der Waals surface area contributed by atoms with Crippen LogP contribution in [0.5, 0.6) is 0 Å². The molecule has 1 amide bonds. The number of rotatable bonds is 6. The standard InChI is InChI=1S/C17H20FN3O/c1-3-12(2)20-16-9-8-15(11-19-16)21-17(22)10-13-4-6-14(18)7-5-13/h4-9,11-12H,3,10H2,1-2H3,(H,19,20)(H,21,22). The predicted octanol–water partition coefficient (Wildman–Crippen LogP) is 3.61. The van der Waals surface area contributed by atoms with Crippen LogP contribution < -0.4 is 10.6 Å². The number of nitrogens with one attached hydrogen (secondary N) is 2. The average molecular weight is 301 g/mol. The van der Waals surface area contributed by atoms with Gasteiger partial charge in [-0.2, -0.15) is 0 Å². The van der Waals surface area contributed by atoms with Crippen LogP contribution in [0.15, 0.2) is 42.6 Å². The molecule has 0 aliphatic heterocycles. The topological polar surface area (TPSA) is 54.0 Å². The van der Waals surface area contributed by atoms with Gasteiger partial charge < -0.3 is 10.6 Å². The van der Waals surface area contributed by atoms with Gasteiger partial charge in [0.15, 0.2) is 0 Å². The van der Waals surface area contributed by atoms with E-state index in [4.69, 9.17) is 0 Å². The summed E-state index contributed by atoms with van der Waals surface area (Å²) in [7, 11) is 0. The third kappa shape index (κ3) is 4.84. The van der Waals surface area contributed by atoms with Gasteiger partial charge in [-0.15, -0.1) is 0 Å². The summed E-state index contributed by atoms with van der Waals surface area (Å²) in [6, 6.07) is 9.89. The highest BCUT2D eigenvalue weighted by atomic mass is 19.1. The number of hydrogen-bond donors (Lipinski definition) is 2. The van der Waals surface area contributed by atoms with Crippen LogP contribution in [0.2, 0.25) is 0 Å². The zero-order chi connectivity index (χ0) is 15.9. The highest BCUT2D eigenvalue weighted by Crippen LogP contribution is 2.12. The van der Waals surface area contributed by atoms with Gasteiger partial charge >= 0.3 is 0 Å². The zero-order valence-corrected chi connectivity index (χ0v) is 12.8. The summed E-state index contributed by atoms with van der Waals surface area (Å²) in [5.74, 6) is 0.319. The first-order valence-electron chi connectivity index (χ1n) is 7.33. The molecule has 4 nitrogen and oxygen atoms in total. The Balaban J connectivity index is 1.90. The number of amides is 1. The van der Waals surface area contributed by atoms with E-state index < -0.39 is 0 Å². The number of nitrogens with zero attached hydrogens (tertiary/aromatic N) is 1. The van der Waals surface area contributed by atoms with Gasteiger partial charge in [0, 0.05) is 6.04 Å². The van der Waals surface area contributed by atoms with Crippen LogP contribution in [-0.2, 0) is 11.2 Å². The molecule has 0 radical (unpaired) electrons. The Bertz CT molecular complexity index is 611. The largest absolute Gasteiger partial charge is 0.368 e. The lowest BCUT2D eigenvalue weighted by Gasteiger charge is -2.12. The normalized spacial score (nSPS) is 11.8. The van der Waals surface area contributed by atoms with Gasteiger partial charge in [-0.1, -0.05) is 19.1 Å². The molecule has 0 aliphatic carbocycles. The highest BCUT2D eigenvalue weighted by molar-refractivity contribution is 5.92. The number of benzene rings is 1. The van der Waals surface area contributed by atoms with Crippen LogP contribution in [-0.4, -0.2) is 16.9 Å². The minimum absolute atomic E-state index is 0.156. The molecular formula is C17H20FN3O. The molecule has 5 heteroatoms. The van der Waals surface area contributed by atoms with E-state index in [1.54, 1.807) is 24.4 Å². The van der Waals surface area contributed by atoms with E-state index in [2.05, 4.69) is 29.5 Å². The molecule has 0 spiro atoms. The molecule has 0 aliphatic rings. The van der Waals surface area contributed by atoms with Gasteiger partial charge in [-0.25, -0.2) is 9.37 Å². The second-order valence-corrected chi connectivity index (χ2v) is 5.24. The number of pyridine rings is 1. The molecule has 2 aromatic rings. The molecule has 1 atom stereocenters. The molecular weight excluding hydrogens is 281 g/mol. The van der Waals surface area contributed by atoms with Crippen LogP contribution >= 0.6 is 0 Å². The van der Waals surface area contributed by atoms with Crippen molar-refractivity contribution in [2.75, 3.05) is 10.6 Å². The number of carbonyl (C=O) groups excluding carboxylic acids is 1. The zero-order valence-electron chi connectivity index (χ0n) is 12.8. The maximum Gasteiger partial charge on any atom is 0.228 e. The lowest BCUT2D eigenvalue weighted by Crippen LogP contribution is -2.16. The van der Waals surface area contributed by atoms with Gasteiger partial charge in [-0.05, 0) is 43.2 Å². The number of hydrogen-bond acceptors (Lipinski definition) is 3. The van der Waals surface area contributed by atoms with Crippen molar-refractivity contribution in [3.63, 3.8) is 0 Å². The summed E-state index contributed by atoms with van der Waals surface area (Å²) >= 11 is 0. The second kappa shape index (κ2) is 7.54. The van der Waals surface area contributed by atoms with Crippen molar-refractivity contribution in [1.29, 1.82) is 0 Å². The molecule has 2 rings (SSSR count). The van der Waals surface area contributed by atoms with Gasteiger partial charge in [-0.3, -0.25) is 4.79 Å². The average Bonchev–Trinajstić information content (AvgIpc) is 2.51. The van der Waals surface area contributed by atoms with Crippen LogP contribution in [0.1, 0.15) is 25.8 Å². The van der Waals surface area contributed by atoms with Crippen LogP contribution in [0, 0.1) is 5.82 Å². The van der Waals surface area contributed by atoms with Crippen molar-refractivity contribution in [3.05, 3.63) is 54.0 Å². The molecule has 22 heavy (non-hydrogen) atoms. The third-order valence-electron chi connectivity index (χ3n) is 3.33. The first-order valence-corrected chi connectivity index (χ1v) is 7.33. The van der Waals surface area contributed by atoms with Crippen molar-refractivity contribution in [3.8, 4) is 0 Å². The summed E-state index contributed by atoms with van der Waals surface area (Å²) in [4.78, 5) is 16.2. The fourth-order valence-corrected chi connectivity index (χ4v) is 1.90. The Morgan fingerprint density at radius 3 is 2.55 bits per heavy atom. The molecule has 1 unspecified atom stereocenters. The minimum Gasteiger partial charge on any atom is -0.368 e. The predicted molar refractivity (Wildman–Crippen MR) is 86.3 cm³/mol. The Kier molecular flexibility index (Phi) is 5.47. The van der Waals surface area contributed by atoms with E-state index in [-0.39, 0.29) is 18.1 Å². The smallest absolute Gasteiger partial charge is 0.228 e. The molecule has 0 saturated carbocycles. The summed E-state index contributed by atoms with van der Waals surface area (Å²) in [5.41, 5.74) is 1.41. The van der Waals surface area contributed by atoms with E-state index >= 15 is 0 Å². The SMILES string of the molecule is CCC(C)Nc1ccc(NC(=O)Cc2ccc(F)cc2)cn1. The monoisotopic (exact) mass is 301 g/mol. The summed E-state index contributed by atoms with van der Waals surface area (Å²) in [6.45, 7) is 4.18.